The minimum atomic E-state index is -4.63. The largest absolute Gasteiger partial charge is 0.416 e. The van der Waals surface area contributed by atoms with Crippen molar-refractivity contribution in [2.45, 2.75) is 32.5 Å². The summed E-state index contributed by atoms with van der Waals surface area (Å²) in [6.07, 6.45) is -2.96. The molecule has 1 fully saturated rings. The van der Waals surface area contributed by atoms with Crippen molar-refractivity contribution in [3.05, 3.63) is 76.5 Å². The number of pyridine rings is 1. The van der Waals surface area contributed by atoms with Crippen LogP contribution in [0.4, 0.5) is 24.7 Å². The van der Waals surface area contributed by atoms with Crippen LogP contribution < -0.4 is 16.0 Å². The maximum absolute atomic E-state index is 13.5. The lowest BCUT2D eigenvalue weighted by Crippen LogP contribution is -2.37. The fourth-order valence-corrected chi connectivity index (χ4v) is 4.22. The highest BCUT2D eigenvalue weighted by Gasteiger charge is 2.33. The molecule has 1 aliphatic heterocycles. The number of rotatable bonds is 5. The number of hydrogen-bond donors (Lipinski definition) is 2. The van der Waals surface area contributed by atoms with E-state index in [0.29, 0.717) is 48.9 Å². The van der Waals surface area contributed by atoms with E-state index >= 15 is 0 Å². The summed E-state index contributed by atoms with van der Waals surface area (Å²) in [5.41, 5.74) is 7.14. The smallest absolute Gasteiger partial charge is 0.378 e. The molecule has 3 N–H and O–H groups in total. The van der Waals surface area contributed by atoms with E-state index in [1.165, 1.54) is 6.07 Å². The molecule has 0 atom stereocenters. The maximum atomic E-state index is 13.5. The van der Waals surface area contributed by atoms with Gasteiger partial charge in [-0.25, -0.2) is 4.98 Å². The van der Waals surface area contributed by atoms with Crippen LogP contribution >= 0.6 is 0 Å². The first-order valence-corrected chi connectivity index (χ1v) is 12.0. The highest BCUT2D eigenvalue weighted by Crippen LogP contribution is 2.34. The number of nitrogens with one attached hydrogen (secondary N) is 1. The van der Waals surface area contributed by atoms with Crippen molar-refractivity contribution in [2.75, 3.05) is 36.5 Å². The van der Waals surface area contributed by atoms with Gasteiger partial charge in [-0.05, 0) is 73.9 Å². The van der Waals surface area contributed by atoms with Gasteiger partial charge < -0.3 is 20.7 Å². The van der Waals surface area contributed by atoms with E-state index in [0.717, 1.165) is 23.3 Å². The van der Waals surface area contributed by atoms with Crippen LogP contribution in [0.5, 0.6) is 0 Å². The van der Waals surface area contributed by atoms with Crippen LogP contribution in [-0.4, -0.2) is 37.2 Å². The fourth-order valence-electron chi connectivity index (χ4n) is 4.22. The molecule has 198 valence electrons. The third-order valence-corrected chi connectivity index (χ3v) is 6.37. The number of amides is 1. The van der Waals surface area contributed by atoms with Gasteiger partial charge in [-0.3, -0.25) is 4.79 Å². The van der Waals surface area contributed by atoms with Gasteiger partial charge >= 0.3 is 6.18 Å². The molecule has 1 saturated heterocycles. The molecule has 1 aromatic heterocycles. The number of nitriles is 1. The van der Waals surface area contributed by atoms with Gasteiger partial charge in [0.25, 0.3) is 5.91 Å². The first kappa shape index (κ1) is 27.1. The molecule has 4 rings (SSSR count). The number of aromatic nitrogens is 1. The minimum Gasteiger partial charge on any atom is -0.378 e. The number of aryl methyl sites for hydroxylation is 1. The van der Waals surface area contributed by atoms with Crippen LogP contribution in [0.15, 0.2) is 48.7 Å². The second kappa shape index (κ2) is 10.4. The molecular weight excluding hydrogens is 495 g/mol. The van der Waals surface area contributed by atoms with Gasteiger partial charge in [0.1, 0.15) is 11.9 Å². The molecule has 10 heteroatoms. The number of carbonyl (C=O) groups is 1. The van der Waals surface area contributed by atoms with E-state index in [2.05, 4.69) is 16.4 Å². The zero-order chi connectivity index (χ0) is 27.7. The lowest BCUT2D eigenvalue weighted by atomic mass is 9.91. The zero-order valence-electron chi connectivity index (χ0n) is 21.3. The number of hydrogen-bond acceptors (Lipinski definition) is 6. The van der Waals surface area contributed by atoms with Crippen molar-refractivity contribution in [2.24, 2.45) is 5.73 Å². The first-order chi connectivity index (χ1) is 17.9. The molecular formula is C28H28F3N5O2. The van der Waals surface area contributed by atoms with Crippen LogP contribution in [0, 0.1) is 18.3 Å². The van der Waals surface area contributed by atoms with Gasteiger partial charge in [0.05, 0.1) is 24.3 Å². The lowest BCUT2D eigenvalue weighted by molar-refractivity contribution is -0.137. The second-order valence-corrected chi connectivity index (χ2v) is 9.81. The SMILES string of the molecule is Cc1ccc(NC(=O)c2cc(C(C)(C)N)cc(C(F)(F)F)c2)cc1-c1cnc(N2CCOCC2)c(C#N)c1. The molecule has 3 aromatic rings. The molecule has 0 radical (unpaired) electrons. The number of halogens is 3. The van der Waals surface area contributed by atoms with Gasteiger partial charge in [0.2, 0.25) is 0 Å². The van der Waals surface area contributed by atoms with E-state index in [1.54, 1.807) is 44.3 Å². The van der Waals surface area contributed by atoms with Crippen LogP contribution in [-0.2, 0) is 16.5 Å². The summed E-state index contributed by atoms with van der Waals surface area (Å²) in [5, 5.41) is 12.4. The summed E-state index contributed by atoms with van der Waals surface area (Å²) in [5.74, 6) is -0.111. The molecule has 1 aliphatic rings. The number of nitrogens with zero attached hydrogens (tertiary/aromatic N) is 3. The third kappa shape index (κ3) is 5.96. The Morgan fingerprint density at radius 3 is 2.42 bits per heavy atom. The van der Waals surface area contributed by atoms with E-state index in [1.807, 2.05) is 11.8 Å². The number of carbonyl (C=O) groups excluding carboxylic acids is 1. The van der Waals surface area contributed by atoms with Crippen molar-refractivity contribution in [3.63, 3.8) is 0 Å². The monoisotopic (exact) mass is 523 g/mol. The fraction of sp³-hybridized carbons (Fsp3) is 0.321. The molecule has 0 saturated carbocycles. The van der Waals surface area contributed by atoms with Crippen molar-refractivity contribution >= 4 is 17.4 Å². The predicted molar refractivity (Wildman–Crippen MR) is 139 cm³/mol. The molecule has 1 amide bonds. The summed E-state index contributed by atoms with van der Waals surface area (Å²) in [6, 6.07) is 12.3. The second-order valence-electron chi connectivity index (χ2n) is 9.81. The molecule has 0 spiro atoms. The Kier molecular flexibility index (Phi) is 7.44. The van der Waals surface area contributed by atoms with E-state index in [-0.39, 0.29) is 11.1 Å². The van der Waals surface area contributed by atoms with Crippen LogP contribution in [0.2, 0.25) is 0 Å². The highest BCUT2D eigenvalue weighted by molar-refractivity contribution is 6.05. The summed E-state index contributed by atoms with van der Waals surface area (Å²) >= 11 is 0. The van der Waals surface area contributed by atoms with E-state index in [4.69, 9.17) is 10.5 Å². The topological polar surface area (TPSA) is 104 Å². The normalized spacial score (nSPS) is 14.2. The average molecular weight is 524 g/mol. The maximum Gasteiger partial charge on any atom is 0.416 e. The molecule has 0 bridgehead atoms. The number of benzene rings is 2. The van der Waals surface area contributed by atoms with E-state index < -0.39 is 23.2 Å². The summed E-state index contributed by atoms with van der Waals surface area (Å²) in [6.45, 7) is 7.43. The summed E-state index contributed by atoms with van der Waals surface area (Å²) < 4.78 is 45.9. The van der Waals surface area contributed by atoms with Gasteiger partial charge in [-0.2, -0.15) is 18.4 Å². The third-order valence-electron chi connectivity index (χ3n) is 6.37. The molecule has 38 heavy (non-hydrogen) atoms. The minimum absolute atomic E-state index is 0.154. The number of anilines is 2. The highest BCUT2D eigenvalue weighted by atomic mass is 19.4. The Morgan fingerprint density at radius 1 is 1.11 bits per heavy atom. The molecule has 7 nitrogen and oxygen atoms in total. The van der Waals surface area contributed by atoms with E-state index in [9.17, 15) is 23.2 Å². The quantitative estimate of drug-likeness (QED) is 0.475. The molecule has 2 aromatic carbocycles. The molecule has 2 heterocycles. The van der Waals surface area contributed by atoms with Gasteiger partial charge in [-0.15, -0.1) is 0 Å². The Labute approximate surface area is 219 Å². The Hall–Kier alpha value is -3.94. The number of morpholine rings is 1. The molecule has 0 unspecified atom stereocenters. The zero-order valence-corrected chi connectivity index (χ0v) is 21.3. The predicted octanol–water partition coefficient (Wildman–Crippen LogP) is 5.23. The van der Waals surface area contributed by atoms with Crippen molar-refractivity contribution in [3.8, 4) is 17.2 Å². The summed E-state index contributed by atoms with van der Waals surface area (Å²) in [7, 11) is 0. The van der Waals surface area contributed by atoms with Gasteiger partial charge in [0.15, 0.2) is 0 Å². The van der Waals surface area contributed by atoms with Crippen LogP contribution in [0.3, 0.4) is 0 Å². The number of ether oxygens (including phenoxy) is 1. The summed E-state index contributed by atoms with van der Waals surface area (Å²) in [4.78, 5) is 19.6. The average Bonchev–Trinajstić information content (AvgIpc) is 2.88. The number of alkyl halides is 3. The Bertz CT molecular complexity index is 1370. The van der Waals surface area contributed by atoms with Crippen molar-refractivity contribution in [1.29, 1.82) is 5.26 Å². The Morgan fingerprint density at radius 2 is 1.79 bits per heavy atom. The first-order valence-electron chi connectivity index (χ1n) is 12.0. The van der Waals surface area contributed by atoms with Crippen molar-refractivity contribution in [1.82, 2.24) is 4.98 Å². The molecule has 0 aliphatic carbocycles. The van der Waals surface area contributed by atoms with Crippen LogP contribution in [0.25, 0.3) is 11.1 Å². The lowest BCUT2D eigenvalue weighted by Gasteiger charge is -2.28. The Balaban J connectivity index is 1.65. The number of nitrogens with two attached hydrogens (primary N) is 1. The van der Waals surface area contributed by atoms with Crippen molar-refractivity contribution < 1.29 is 22.7 Å². The van der Waals surface area contributed by atoms with Crippen LogP contribution in [0.1, 0.15) is 46.5 Å². The standard InChI is InChI=1S/C28H28F3N5O2/c1-17-4-5-23(35-26(37)18-11-21(27(2,3)33)13-22(12-18)28(29,30)31)14-24(17)20-10-19(15-32)25(34-16-20)36-6-8-38-9-7-36/h4-5,10-14,16H,6-9,33H2,1-3H3,(H,35,37). The van der Waals surface area contributed by atoms with Gasteiger partial charge in [-0.1, -0.05) is 6.07 Å². The van der Waals surface area contributed by atoms with Gasteiger partial charge in [0, 0.05) is 41.6 Å².